The predicted octanol–water partition coefficient (Wildman–Crippen LogP) is 5.71. The van der Waals surface area contributed by atoms with Crippen LogP contribution in [0.15, 0.2) is 48.5 Å². The summed E-state index contributed by atoms with van der Waals surface area (Å²) in [6.45, 7) is 9.53. The molecule has 1 aliphatic heterocycles. The van der Waals surface area contributed by atoms with Gasteiger partial charge in [0.2, 0.25) is 0 Å². The number of amides is 2. The molecule has 2 aromatic rings. The van der Waals surface area contributed by atoms with Crippen LogP contribution in [-0.4, -0.2) is 59.8 Å². The highest BCUT2D eigenvalue weighted by Crippen LogP contribution is 2.22. The minimum atomic E-state index is -0.594. The molecule has 34 heavy (non-hydrogen) atoms. The molecule has 1 atom stereocenters. The van der Waals surface area contributed by atoms with E-state index >= 15 is 0 Å². The number of piperazine rings is 1. The fraction of sp³-hybridized carbons (Fsp3) is 0.462. The van der Waals surface area contributed by atoms with Gasteiger partial charge in [-0.2, -0.15) is 0 Å². The van der Waals surface area contributed by atoms with Gasteiger partial charge in [-0.05, 0) is 57.4 Å². The highest BCUT2D eigenvalue weighted by Gasteiger charge is 2.35. The van der Waals surface area contributed by atoms with Crippen molar-refractivity contribution in [1.82, 2.24) is 9.80 Å². The minimum Gasteiger partial charge on any atom is -0.445 e. The second-order valence-corrected chi connectivity index (χ2v) is 9.92. The van der Waals surface area contributed by atoms with Crippen molar-refractivity contribution in [3.8, 4) is 0 Å². The van der Waals surface area contributed by atoms with Crippen molar-refractivity contribution in [1.29, 1.82) is 0 Å². The van der Waals surface area contributed by atoms with E-state index in [1.165, 1.54) is 0 Å². The first-order chi connectivity index (χ1) is 16.1. The molecule has 0 bridgehead atoms. The second kappa shape index (κ2) is 11.5. The summed E-state index contributed by atoms with van der Waals surface area (Å²) in [6, 6.07) is 15.1. The zero-order valence-corrected chi connectivity index (χ0v) is 21.1. The number of nitrogens with one attached hydrogen (secondary N) is 1. The number of hydrogen-bond donors (Lipinski definition) is 1. The Bertz CT molecular complexity index is 978. The Kier molecular flexibility index (Phi) is 8.67. The van der Waals surface area contributed by atoms with E-state index in [2.05, 4.69) is 5.32 Å². The quantitative estimate of drug-likeness (QED) is 0.565. The van der Waals surface area contributed by atoms with Crippen LogP contribution in [0.25, 0.3) is 0 Å². The largest absolute Gasteiger partial charge is 0.445 e. The summed E-state index contributed by atoms with van der Waals surface area (Å²) in [5, 5.41) is 4.06. The van der Waals surface area contributed by atoms with E-state index in [4.69, 9.17) is 21.1 Å². The molecule has 0 unspecified atom stereocenters. The van der Waals surface area contributed by atoms with Crippen LogP contribution in [0.2, 0.25) is 5.02 Å². The van der Waals surface area contributed by atoms with E-state index in [1.807, 2.05) is 76.2 Å². The smallest absolute Gasteiger partial charge is 0.410 e. The first-order valence-corrected chi connectivity index (χ1v) is 12.0. The number of hydrogen-bond acceptors (Lipinski definition) is 5. The van der Waals surface area contributed by atoms with E-state index in [9.17, 15) is 9.59 Å². The normalized spacial score (nSPS) is 16.2. The summed E-state index contributed by atoms with van der Waals surface area (Å²) in [4.78, 5) is 29.0. The van der Waals surface area contributed by atoms with E-state index in [1.54, 1.807) is 9.80 Å². The molecule has 1 fully saturated rings. The average Bonchev–Trinajstić information content (AvgIpc) is 2.79. The monoisotopic (exact) mass is 487 g/mol. The van der Waals surface area contributed by atoms with Crippen molar-refractivity contribution in [2.45, 2.75) is 52.4 Å². The van der Waals surface area contributed by atoms with Gasteiger partial charge < -0.3 is 24.6 Å². The fourth-order valence-electron chi connectivity index (χ4n) is 3.80. The molecule has 184 valence electrons. The lowest BCUT2D eigenvalue weighted by molar-refractivity contribution is -0.00386. The van der Waals surface area contributed by atoms with Crippen molar-refractivity contribution >= 4 is 29.5 Å². The standard InChI is InChI=1S/C26H34ClN3O4/c1-19-10-11-21(27)16-23(19)28-13-12-22-17-29(14-15-30(22)25(32)34-26(2,3)4)24(31)33-18-20-8-6-5-7-9-20/h5-11,16,22,28H,12-15,17-18H2,1-4H3/t22-/m1/s1. The third-order valence-electron chi connectivity index (χ3n) is 5.57. The molecule has 1 N–H and O–H groups in total. The maximum absolute atomic E-state index is 12.9. The van der Waals surface area contributed by atoms with Gasteiger partial charge in [0.05, 0.1) is 6.04 Å². The Labute approximate surface area is 207 Å². The van der Waals surface area contributed by atoms with Crippen LogP contribution in [0.1, 0.15) is 38.3 Å². The maximum Gasteiger partial charge on any atom is 0.410 e. The Morgan fingerprint density at radius 3 is 2.53 bits per heavy atom. The van der Waals surface area contributed by atoms with E-state index in [0.717, 1.165) is 16.8 Å². The number of halogens is 1. The Morgan fingerprint density at radius 1 is 1.09 bits per heavy atom. The molecule has 0 aliphatic carbocycles. The van der Waals surface area contributed by atoms with Gasteiger partial charge in [0, 0.05) is 36.9 Å². The molecule has 2 aromatic carbocycles. The lowest BCUT2D eigenvalue weighted by Crippen LogP contribution is -2.57. The number of benzene rings is 2. The van der Waals surface area contributed by atoms with E-state index < -0.39 is 5.60 Å². The highest BCUT2D eigenvalue weighted by atomic mass is 35.5. The molecule has 8 heteroatoms. The van der Waals surface area contributed by atoms with Crippen LogP contribution in [0, 0.1) is 6.92 Å². The lowest BCUT2D eigenvalue weighted by atomic mass is 10.1. The summed E-state index contributed by atoms with van der Waals surface area (Å²) in [5.74, 6) is 0. The van der Waals surface area contributed by atoms with Gasteiger partial charge in [0.15, 0.2) is 0 Å². The molecule has 0 aromatic heterocycles. The Morgan fingerprint density at radius 2 is 1.82 bits per heavy atom. The molecular weight excluding hydrogens is 454 g/mol. The molecule has 1 aliphatic rings. The first kappa shape index (κ1) is 25.7. The number of aryl methyl sites for hydroxylation is 1. The zero-order valence-electron chi connectivity index (χ0n) is 20.3. The van der Waals surface area contributed by atoms with Crippen molar-refractivity contribution in [3.05, 3.63) is 64.7 Å². The van der Waals surface area contributed by atoms with E-state index in [0.29, 0.717) is 37.6 Å². The predicted molar refractivity (Wildman–Crippen MR) is 134 cm³/mol. The van der Waals surface area contributed by atoms with Crippen molar-refractivity contribution in [2.75, 3.05) is 31.5 Å². The molecule has 0 radical (unpaired) electrons. The molecule has 1 saturated heterocycles. The van der Waals surface area contributed by atoms with Gasteiger partial charge in [0.1, 0.15) is 12.2 Å². The molecule has 0 spiro atoms. The van der Waals surface area contributed by atoms with Gasteiger partial charge in [-0.1, -0.05) is 48.0 Å². The number of anilines is 1. The number of carbonyl (C=O) groups excluding carboxylic acids is 2. The molecule has 2 amide bonds. The average molecular weight is 488 g/mol. The van der Waals surface area contributed by atoms with Gasteiger partial charge in [0.25, 0.3) is 0 Å². The van der Waals surface area contributed by atoms with Crippen LogP contribution in [0.4, 0.5) is 15.3 Å². The number of rotatable bonds is 6. The number of nitrogens with zero attached hydrogens (tertiary/aromatic N) is 2. The molecule has 3 rings (SSSR count). The van der Waals surface area contributed by atoms with Crippen molar-refractivity contribution in [2.24, 2.45) is 0 Å². The van der Waals surface area contributed by atoms with Crippen LogP contribution in [-0.2, 0) is 16.1 Å². The van der Waals surface area contributed by atoms with Crippen LogP contribution in [0.5, 0.6) is 0 Å². The Balaban J connectivity index is 1.63. The van der Waals surface area contributed by atoms with E-state index in [-0.39, 0.29) is 24.8 Å². The van der Waals surface area contributed by atoms with Crippen molar-refractivity contribution < 1.29 is 19.1 Å². The van der Waals surface area contributed by atoms with Gasteiger partial charge in [-0.15, -0.1) is 0 Å². The topological polar surface area (TPSA) is 71.1 Å². The summed E-state index contributed by atoms with van der Waals surface area (Å²) in [6.07, 6.45) is -0.113. The van der Waals surface area contributed by atoms with Gasteiger partial charge in [-0.25, -0.2) is 9.59 Å². The number of ether oxygens (including phenoxy) is 2. The Hall–Kier alpha value is -2.93. The lowest BCUT2D eigenvalue weighted by Gasteiger charge is -2.41. The number of carbonyl (C=O) groups is 2. The fourth-order valence-corrected chi connectivity index (χ4v) is 3.97. The van der Waals surface area contributed by atoms with Gasteiger partial charge in [-0.3, -0.25) is 0 Å². The molecular formula is C26H34ClN3O4. The zero-order chi connectivity index (χ0) is 24.7. The van der Waals surface area contributed by atoms with Crippen LogP contribution in [0.3, 0.4) is 0 Å². The summed E-state index contributed by atoms with van der Waals surface area (Å²) < 4.78 is 11.1. The second-order valence-electron chi connectivity index (χ2n) is 9.49. The SMILES string of the molecule is Cc1ccc(Cl)cc1NCC[C@@H]1CN(C(=O)OCc2ccccc2)CCN1C(=O)OC(C)(C)C. The molecule has 7 nitrogen and oxygen atoms in total. The first-order valence-electron chi connectivity index (χ1n) is 11.6. The third-order valence-corrected chi connectivity index (χ3v) is 5.80. The summed E-state index contributed by atoms with van der Waals surface area (Å²) in [7, 11) is 0. The summed E-state index contributed by atoms with van der Waals surface area (Å²) >= 11 is 6.13. The third kappa shape index (κ3) is 7.55. The van der Waals surface area contributed by atoms with Crippen LogP contribution >= 0.6 is 11.6 Å². The van der Waals surface area contributed by atoms with Gasteiger partial charge >= 0.3 is 12.2 Å². The minimum absolute atomic E-state index is 0.208. The van der Waals surface area contributed by atoms with Crippen molar-refractivity contribution in [3.63, 3.8) is 0 Å². The molecule has 0 saturated carbocycles. The summed E-state index contributed by atoms with van der Waals surface area (Å²) in [5.41, 5.74) is 2.37. The highest BCUT2D eigenvalue weighted by molar-refractivity contribution is 6.30. The maximum atomic E-state index is 12.9. The molecule has 1 heterocycles. The van der Waals surface area contributed by atoms with Crippen LogP contribution < -0.4 is 5.32 Å².